The quantitative estimate of drug-likeness (QED) is 0.560. The second-order valence-electron chi connectivity index (χ2n) is 5.36. The van der Waals surface area contributed by atoms with Crippen molar-refractivity contribution in [3.8, 4) is 0 Å². The molecular weight excluding hydrogens is 364 g/mol. The third kappa shape index (κ3) is 5.06. The lowest BCUT2D eigenvalue weighted by molar-refractivity contribution is -0.113. The minimum atomic E-state index is -0.404. The topological polar surface area (TPSA) is 68.3 Å². The summed E-state index contributed by atoms with van der Waals surface area (Å²) < 4.78 is 5.94. The number of rotatable bonds is 7. The van der Waals surface area contributed by atoms with E-state index < -0.39 is 5.97 Å². The molecule has 1 N–H and O–H groups in total. The molecule has 2 heterocycles. The maximum absolute atomic E-state index is 12.2. The van der Waals surface area contributed by atoms with Gasteiger partial charge >= 0.3 is 5.97 Å². The van der Waals surface area contributed by atoms with Crippen LogP contribution < -0.4 is 5.32 Å². The first kappa shape index (κ1) is 19.0. The number of ether oxygens (including phenoxy) is 1. The van der Waals surface area contributed by atoms with Gasteiger partial charge < -0.3 is 10.1 Å². The van der Waals surface area contributed by atoms with E-state index in [2.05, 4.69) is 10.3 Å². The molecule has 5 nitrogen and oxygen atoms in total. The lowest BCUT2D eigenvalue weighted by Crippen LogP contribution is -2.15. The normalized spacial score (nSPS) is 10.9. The summed E-state index contributed by atoms with van der Waals surface area (Å²) in [4.78, 5) is 29.6. The number of thiophene rings is 1. The van der Waals surface area contributed by atoms with E-state index in [1.54, 1.807) is 13.0 Å². The molecule has 0 fully saturated rings. The highest BCUT2D eigenvalue weighted by atomic mass is 32.2. The van der Waals surface area contributed by atoms with E-state index in [4.69, 9.17) is 4.74 Å². The van der Waals surface area contributed by atoms with Gasteiger partial charge in [-0.1, -0.05) is 25.6 Å². The number of thioether (sulfide) groups is 1. The van der Waals surface area contributed by atoms with E-state index in [1.807, 2.05) is 26.2 Å². The molecule has 0 aromatic carbocycles. The summed E-state index contributed by atoms with van der Waals surface area (Å²) >= 11 is 4.33. The lowest BCUT2D eigenvalue weighted by atomic mass is 10.1. The first-order chi connectivity index (χ1) is 11.4. The Morgan fingerprint density at radius 3 is 2.75 bits per heavy atom. The standard InChI is InChI=1S/C16H20N2O3S3/c1-5-21-15(20)11-6-12(9(2)3)24-14(11)18-13(19)8-23-16-17-10(4)7-22-16/h6-7,9H,5,8H2,1-4H3,(H,18,19). The van der Waals surface area contributed by atoms with Crippen molar-refractivity contribution in [1.29, 1.82) is 0 Å². The minimum Gasteiger partial charge on any atom is -0.462 e. The van der Waals surface area contributed by atoms with Crippen molar-refractivity contribution >= 4 is 51.3 Å². The molecule has 8 heteroatoms. The summed E-state index contributed by atoms with van der Waals surface area (Å²) in [6, 6.07) is 1.81. The molecule has 0 radical (unpaired) electrons. The third-order valence-corrected chi connectivity index (χ3v) is 6.48. The van der Waals surface area contributed by atoms with Crippen molar-refractivity contribution in [2.45, 2.75) is 38.0 Å². The van der Waals surface area contributed by atoms with Crippen LogP contribution in [0.25, 0.3) is 0 Å². The highest BCUT2D eigenvalue weighted by Crippen LogP contribution is 2.33. The van der Waals surface area contributed by atoms with Crippen molar-refractivity contribution in [3.05, 3.63) is 27.6 Å². The second kappa shape index (κ2) is 8.64. The summed E-state index contributed by atoms with van der Waals surface area (Å²) in [6.07, 6.45) is 0. The highest BCUT2D eigenvalue weighted by Gasteiger charge is 2.20. The number of hydrogen-bond donors (Lipinski definition) is 1. The molecule has 2 rings (SSSR count). The van der Waals surface area contributed by atoms with Crippen LogP contribution in [-0.4, -0.2) is 29.2 Å². The highest BCUT2D eigenvalue weighted by molar-refractivity contribution is 8.01. The average Bonchev–Trinajstić information content (AvgIpc) is 3.12. The molecule has 0 aliphatic rings. The fourth-order valence-electron chi connectivity index (χ4n) is 1.84. The van der Waals surface area contributed by atoms with Gasteiger partial charge in [0.15, 0.2) is 4.34 Å². The molecule has 0 aliphatic heterocycles. The van der Waals surface area contributed by atoms with Gasteiger partial charge in [-0.25, -0.2) is 9.78 Å². The van der Waals surface area contributed by atoms with E-state index in [1.165, 1.54) is 34.4 Å². The molecule has 0 atom stereocenters. The van der Waals surface area contributed by atoms with E-state index in [-0.39, 0.29) is 17.6 Å². The van der Waals surface area contributed by atoms with Gasteiger partial charge in [0, 0.05) is 16.0 Å². The second-order valence-corrected chi connectivity index (χ2v) is 8.52. The van der Waals surface area contributed by atoms with E-state index in [0.717, 1.165) is 14.9 Å². The Hall–Kier alpha value is -1.38. The maximum atomic E-state index is 12.2. The number of hydrogen-bond acceptors (Lipinski definition) is 7. The molecule has 0 saturated heterocycles. The number of aryl methyl sites for hydroxylation is 1. The largest absolute Gasteiger partial charge is 0.462 e. The van der Waals surface area contributed by atoms with Crippen LogP contribution in [0.15, 0.2) is 15.8 Å². The number of carbonyl (C=O) groups excluding carboxylic acids is 2. The summed E-state index contributed by atoms with van der Waals surface area (Å²) in [7, 11) is 0. The van der Waals surface area contributed by atoms with Crippen molar-refractivity contribution in [3.63, 3.8) is 0 Å². The maximum Gasteiger partial charge on any atom is 0.341 e. The smallest absolute Gasteiger partial charge is 0.341 e. The Labute approximate surface area is 153 Å². The number of nitrogens with zero attached hydrogens (tertiary/aromatic N) is 1. The van der Waals surface area contributed by atoms with Crippen molar-refractivity contribution in [2.24, 2.45) is 0 Å². The van der Waals surface area contributed by atoms with E-state index >= 15 is 0 Å². The predicted octanol–water partition coefficient (Wildman–Crippen LogP) is 4.54. The minimum absolute atomic E-state index is 0.157. The SMILES string of the molecule is CCOC(=O)c1cc(C(C)C)sc1NC(=O)CSc1nc(C)cs1. The van der Waals surface area contributed by atoms with Gasteiger partial charge in [0.25, 0.3) is 0 Å². The summed E-state index contributed by atoms with van der Waals surface area (Å²) in [5.74, 6) is -0.0272. The van der Waals surface area contributed by atoms with Crippen LogP contribution in [0, 0.1) is 6.92 Å². The lowest BCUT2D eigenvalue weighted by Gasteiger charge is -2.05. The molecule has 0 aliphatic carbocycles. The van der Waals surface area contributed by atoms with Crippen molar-refractivity contribution in [2.75, 3.05) is 17.7 Å². The van der Waals surface area contributed by atoms with Crippen LogP contribution in [-0.2, 0) is 9.53 Å². The number of esters is 1. The van der Waals surface area contributed by atoms with Gasteiger partial charge in [-0.15, -0.1) is 22.7 Å². The number of aromatic nitrogens is 1. The van der Waals surface area contributed by atoms with Gasteiger partial charge in [-0.05, 0) is 25.8 Å². The Kier molecular flexibility index (Phi) is 6.82. The van der Waals surface area contributed by atoms with Crippen LogP contribution in [0.1, 0.15) is 47.6 Å². The molecule has 2 aromatic heterocycles. The zero-order valence-electron chi connectivity index (χ0n) is 14.0. The number of carbonyl (C=O) groups is 2. The molecule has 0 unspecified atom stereocenters. The molecule has 24 heavy (non-hydrogen) atoms. The molecule has 0 bridgehead atoms. The number of anilines is 1. The average molecular weight is 385 g/mol. The van der Waals surface area contributed by atoms with Gasteiger partial charge in [0.05, 0.1) is 17.9 Å². The van der Waals surface area contributed by atoms with Gasteiger partial charge in [0.1, 0.15) is 5.00 Å². The van der Waals surface area contributed by atoms with Crippen molar-refractivity contribution in [1.82, 2.24) is 4.98 Å². The van der Waals surface area contributed by atoms with Crippen LogP contribution in [0.5, 0.6) is 0 Å². The Bertz CT molecular complexity index is 722. The molecular formula is C16H20N2O3S3. The van der Waals surface area contributed by atoms with Crippen LogP contribution in [0.3, 0.4) is 0 Å². The van der Waals surface area contributed by atoms with E-state index in [0.29, 0.717) is 17.2 Å². The Morgan fingerprint density at radius 2 is 2.17 bits per heavy atom. The molecule has 0 spiro atoms. The molecule has 1 amide bonds. The first-order valence-corrected chi connectivity index (χ1v) is 10.2. The summed E-state index contributed by atoms with van der Waals surface area (Å²) in [6.45, 7) is 8.09. The van der Waals surface area contributed by atoms with Gasteiger partial charge in [-0.3, -0.25) is 4.79 Å². The van der Waals surface area contributed by atoms with E-state index in [9.17, 15) is 9.59 Å². The third-order valence-electron chi connectivity index (χ3n) is 2.99. The van der Waals surface area contributed by atoms with Crippen molar-refractivity contribution < 1.29 is 14.3 Å². The molecule has 0 saturated carbocycles. The first-order valence-electron chi connectivity index (χ1n) is 7.56. The fraction of sp³-hybridized carbons (Fsp3) is 0.438. The van der Waals surface area contributed by atoms with Crippen LogP contribution in [0.4, 0.5) is 5.00 Å². The zero-order valence-corrected chi connectivity index (χ0v) is 16.5. The summed E-state index contributed by atoms with van der Waals surface area (Å²) in [5, 5.41) is 5.34. The zero-order chi connectivity index (χ0) is 17.7. The Morgan fingerprint density at radius 1 is 1.42 bits per heavy atom. The van der Waals surface area contributed by atoms with Crippen LogP contribution >= 0.6 is 34.4 Å². The molecule has 130 valence electrons. The van der Waals surface area contributed by atoms with Crippen LogP contribution in [0.2, 0.25) is 0 Å². The Balaban J connectivity index is 2.06. The van der Waals surface area contributed by atoms with Gasteiger partial charge in [-0.2, -0.15) is 0 Å². The molecule has 2 aromatic rings. The number of nitrogens with one attached hydrogen (secondary N) is 1. The number of thiazole rings is 1. The summed E-state index contributed by atoms with van der Waals surface area (Å²) in [5.41, 5.74) is 1.38. The predicted molar refractivity (Wildman–Crippen MR) is 101 cm³/mol. The number of amides is 1. The van der Waals surface area contributed by atoms with Gasteiger partial charge in [0.2, 0.25) is 5.91 Å². The fourth-order valence-corrected chi connectivity index (χ4v) is 4.55. The monoisotopic (exact) mass is 384 g/mol.